The van der Waals surface area contributed by atoms with Crippen molar-refractivity contribution in [3.05, 3.63) is 23.2 Å². The molecule has 4 nitrogen and oxygen atoms in total. The lowest BCUT2D eigenvalue weighted by molar-refractivity contribution is -0.138. The number of hydrogen-bond donors (Lipinski definition) is 1. The minimum atomic E-state index is -0.298. The second-order valence-corrected chi connectivity index (χ2v) is 11.0. The van der Waals surface area contributed by atoms with Crippen molar-refractivity contribution in [2.45, 2.75) is 43.4 Å². The third-order valence-corrected chi connectivity index (χ3v) is 8.20. The summed E-state index contributed by atoms with van der Waals surface area (Å²) in [6.07, 6.45) is 6.24. The van der Waals surface area contributed by atoms with Crippen LogP contribution in [0.3, 0.4) is 0 Å². The summed E-state index contributed by atoms with van der Waals surface area (Å²) in [7, 11) is 2.15. The zero-order chi connectivity index (χ0) is 19.5. The molecule has 4 bridgehead atoms. The number of likely N-dealkylation sites (N-methyl/N-ethyl adjacent to an activating group) is 1. The Morgan fingerprint density at radius 3 is 2.43 bits per heavy atom. The summed E-state index contributed by atoms with van der Waals surface area (Å²) < 4.78 is 0. The van der Waals surface area contributed by atoms with Crippen LogP contribution in [0.4, 0.5) is 11.4 Å². The van der Waals surface area contributed by atoms with Crippen molar-refractivity contribution in [3.8, 4) is 0 Å². The summed E-state index contributed by atoms with van der Waals surface area (Å²) in [4.78, 5) is 18.1. The molecule has 1 heterocycles. The van der Waals surface area contributed by atoms with E-state index in [2.05, 4.69) is 22.2 Å². The van der Waals surface area contributed by atoms with Crippen molar-refractivity contribution < 1.29 is 4.79 Å². The van der Waals surface area contributed by atoms with E-state index in [4.69, 9.17) is 23.2 Å². The first kappa shape index (κ1) is 19.0. The molecule has 0 radical (unpaired) electrons. The maximum atomic E-state index is 13.6. The van der Waals surface area contributed by atoms with Crippen LogP contribution in [-0.2, 0) is 4.79 Å². The molecule has 1 amide bonds. The first-order valence-corrected chi connectivity index (χ1v) is 11.3. The Morgan fingerprint density at radius 1 is 1.11 bits per heavy atom. The summed E-state index contributed by atoms with van der Waals surface area (Å²) in [6.45, 7) is 3.97. The molecular formula is C22H29Cl2N3O. The molecule has 6 rings (SSSR count). The lowest BCUT2D eigenvalue weighted by Gasteiger charge is -2.59. The largest absolute Gasteiger partial charge is 0.367 e. The van der Waals surface area contributed by atoms with Gasteiger partial charge >= 0.3 is 0 Å². The SMILES string of the molecule is CN1CCN(c2ccc(Cl)cc2NC(=O)C23CC4CC(CC(Cl)(C4)C2)C3)CC1. The summed E-state index contributed by atoms with van der Waals surface area (Å²) in [6, 6.07) is 5.87. The minimum absolute atomic E-state index is 0.157. The highest BCUT2D eigenvalue weighted by atomic mass is 35.5. The zero-order valence-corrected chi connectivity index (χ0v) is 18.0. The van der Waals surface area contributed by atoms with E-state index in [1.54, 1.807) is 0 Å². The van der Waals surface area contributed by atoms with Crippen LogP contribution in [0.1, 0.15) is 38.5 Å². The topological polar surface area (TPSA) is 35.6 Å². The molecule has 4 aliphatic carbocycles. The van der Waals surface area contributed by atoms with Gasteiger partial charge in [0.2, 0.25) is 5.91 Å². The zero-order valence-electron chi connectivity index (χ0n) is 16.5. The molecule has 28 heavy (non-hydrogen) atoms. The van der Waals surface area contributed by atoms with Gasteiger partial charge in [0.1, 0.15) is 0 Å². The maximum absolute atomic E-state index is 13.6. The molecule has 0 spiro atoms. The molecule has 5 fully saturated rings. The van der Waals surface area contributed by atoms with E-state index in [9.17, 15) is 4.79 Å². The molecule has 5 aliphatic rings. The molecule has 1 aliphatic heterocycles. The number of nitrogens with one attached hydrogen (secondary N) is 1. The summed E-state index contributed by atoms with van der Waals surface area (Å²) in [5.74, 6) is 1.38. The monoisotopic (exact) mass is 421 g/mol. The van der Waals surface area contributed by atoms with Gasteiger partial charge in [0.05, 0.1) is 16.8 Å². The van der Waals surface area contributed by atoms with Gasteiger partial charge in [-0.05, 0) is 75.6 Å². The Hall–Kier alpha value is -0.970. The van der Waals surface area contributed by atoms with Crippen molar-refractivity contribution >= 4 is 40.5 Å². The van der Waals surface area contributed by atoms with Gasteiger partial charge in [0, 0.05) is 36.1 Å². The number of rotatable bonds is 3. The van der Waals surface area contributed by atoms with E-state index in [1.807, 2.05) is 18.2 Å². The van der Waals surface area contributed by atoms with E-state index in [0.29, 0.717) is 16.9 Å². The first-order valence-electron chi connectivity index (χ1n) is 10.6. The van der Waals surface area contributed by atoms with E-state index in [1.165, 1.54) is 6.42 Å². The lowest BCUT2D eigenvalue weighted by atomic mass is 9.49. The standard InChI is InChI=1S/C22H29Cl2N3O/c1-26-4-6-27(7-5-26)19-3-2-17(23)9-18(19)25-20(28)21-10-15-8-16(11-21)13-22(24,12-15)14-21/h2-3,9,15-16H,4-8,10-14H2,1H3,(H,25,28). The Morgan fingerprint density at radius 2 is 1.79 bits per heavy atom. The summed E-state index contributed by atoms with van der Waals surface area (Å²) >= 11 is 13.2. The Balaban J connectivity index is 1.40. The molecule has 4 saturated carbocycles. The third-order valence-electron chi connectivity index (χ3n) is 7.52. The summed E-state index contributed by atoms with van der Waals surface area (Å²) in [5.41, 5.74) is 1.63. The summed E-state index contributed by atoms with van der Waals surface area (Å²) in [5, 5.41) is 3.96. The minimum Gasteiger partial charge on any atom is -0.367 e. The molecule has 2 atom stereocenters. The highest BCUT2D eigenvalue weighted by Gasteiger charge is 2.60. The molecule has 0 aromatic heterocycles. The van der Waals surface area contributed by atoms with E-state index in [0.717, 1.165) is 69.7 Å². The number of benzene rings is 1. The fraction of sp³-hybridized carbons (Fsp3) is 0.682. The number of piperazine rings is 1. The number of amides is 1. The van der Waals surface area contributed by atoms with Gasteiger partial charge < -0.3 is 15.1 Å². The average molecular weight is 422 g/mol. The van der Waals surface area contributed by atoms with Crippen LogP contribution < -0.4 is 10.2 Å². The molecule has 1 aromatic carbocycles. The number of alkyl halides is 1. The molecular weight excluding hydrogens is 393 g/mol. The molecule has 152 valence electrons. The number of hydrogen-bond acceptors (Lipinski definition) is 3. The van der Waals surface area contributed by atoms with Gasteiger partial charge in [-0.15, -0.1) is 11.6 Å². The second kappa shape index (κ2) is 6.78. The van der Waals surface area contributed by atoms with Crippen molar-refractivity contribution in [3.63, 3.8) is 0 Å². The van der Waals surface area contributed by atoms with Crippen molar-refractivity contribution in [1.82, 2.24) is 4.90 Å². The fourth-order valence-electron chi connectivity index (χ4n) is 6.60. The number of anilines is 2. The molecule has 2 unspecified atom stereocenters. The normalized spacial score (nSPS) is 37.3. The van der Waals surface area contributed by atoms with Crippen LogP contribution in [0.2, 0.25) is 5.02 Å². The van der Waals surface area contributed by atoms with Gasteiger partial charge in [-0.1, -0.05) is 11.6 Å². The number of nitrogens with zero attached hydrogens (tertiary/aromatic N) is 2. The smallest absolute Gasteiger partial charge is 0.230 e. The van der Waals surface area contributed by atoms with Crippen LogP contribution in [0.5, 0.6) is 0 Å². The van der Waals surface area contributed by atoms with Crippen molar-refractivity contribution in [2.24, 2.45) is 17.3 Å². The molecule has 1 aromatic rings. The quantitative estimate of drug-likeness (QED) is 0.723. The highest BCUT2D eigenvalue weighted by Crippen LogP contribution is 2.64. The predicted octanol–water partition coefficient (Wildman–Crippen LogP) is 4.61. The van der Waals surface area contributed by atoms with Crippen molar-refractivity contribution in [1.29, 1.82) is 0 Å². The number of carbonyl (C=O) groups excluding carboxylic acids is 1. The number of halogens is 2. The van der Waals surface area contributed by atoms with Gasteiger partial charge in [0.25, 0.3) is 0 Å². The Kier molecular flexibility index (Phi) is 4.61. The van der Waals surface area contributed by atoms with E-state index in [-0.39, 0.29) is 16.2 Å². The van der Waals surface area contributed by atoms with E-state index >= 15 is 0 Å². The second-order valence-electron chi connectivity index (χ2n) is 9.80. The van der Waals surface area contributed by atoms with Gasteiger partial charge in [0.15, 0.2) is 0 Å². The Bertz CT molecular complexity index is 776. The third kappa shape index (κ3) is 3.32. The highest BCUT2D eigenvalue weighted by molar-refractivity contribution is 6.31. The maximum Gasteiger partial charge on any atom is 0.230 e. The van der Waals surface area contributed by atoms with Crippen LogP contribution in [0, 0.1) is 17.3 Å². The van der Waals surface area contributed by atoms with Gasteiger partial charge in [-0.2, -0.15) is 0 Å². The van der Waals surface area contributed by atoms with Crippen molar-refractivity contribution in [2.75, 3.05) is 43.4 Å². The van der Waals surface area contributed by atoms with Gasteiger partial charge in [-0.25, -0.2) is 0 Å². The Labute approximate surface area is 177 Å². The van der Waals surface area contributed by atoms with Crippen LogP contribution >= 0.6 is 23.2 Å². The fourth-order valence-corrected chi connectivity index (χ4v) is 7.47. The van der Waals surface area contributed by atoms with Gasteiger partial charge in [-0.3, -0.25) is 4.79 Å². The number of carbonyl (C=O) groups is 1. The lowest BCUT2D eigenvalue weighted by Crippen LogP contribution is -2.57. The van der Waals surface area contributed by atoms with Crippen LogP contribution in [0.25, 0.3) is 0 Å². The molecule has 6 heteroatoms. The van der Waals surface area contributed by atoms with Crippen LogP contribution in [0.15, 0.2) is 18.2 Å². The predicted molar refractivity (Wildman–Crippen MR) is 115 cm³/mol. The average Bonchev–Trinajstić information content (AvgIpc) is 2.61. The molecule has 1 N–H and O–H groups in total. The van der Waals surface area contributed by atoms with E-state index < -0.39 is 0 Å². The van der Waals surface area contributed by atoms with Crippen LogP contribution in [-0.4, -0.2) is 48.9 Å². The molecule has 1 saturated heterocycles. The first-order chi connectivity index (χ1) is 13.3.